The summed E-state index contributed by atoms with van der Waals surface area (Å²) in [5.41, 5.74) is -1.60. The first-order valence-electron chi connectivity index (χ1n) is 7.09. The van der Waals surface area contributed by atoms with Crippen LogP contribution in [-0.4, -0.2) is 28.5 Å². The Hall–Kier alpha value is -1.32. The summed E-state index contributed by atoms with van der Waals surface area (Å²) in [7, 11) is 0. The Morgan fingerprint density at radius 1 is 1.43 bits per heavy atom. The number of hydrogen-bond donors (Lipinski definition) is 0. The minimum Gasteiger partial charge on any atom is -0.439 e. The summed E-state index contributed by atoms with van der Waals surface area (Å²) >= 11 is 0. The second-order valence-corrected chi connectivity index (χ2v) is 6.67. The van der Waals surface area contributed by atoms with E-state index in [-0.39, 0.29) is 11.9 Å². The molecule has 2 rings (SSSR count). The largest absolute Gasteiger partial charge is 0.439 e. The van der Waals surface area contributed by atoms with Gasteiger partial charge < -0.3 is 4.74 Å². The lowest BCUT2D eigenvalue weighted by Gasteiger charge is -2.38. The Morgan fingerprint density at radius 3 is 2.48 bits per heavy atom. The van der Waals surface area contributed by atoms with Gasteiger partial charge in [0.05, 0.1) is 0 Å². The van der Waals surface area contributed by atoms with Gasteiger partial charge in [0.2, 0.25) is 5.91 Å². The van der Waals surface area contributed by atoms with Crippen LogP contribution in [0.15, 0.2) is 12.7 Å². The third-order valence-corrected chi connectivity index (χ3v) is 3.80. The van der Waals surface area contributed by atoms with Crippen LogP contribution in [0, 0.1) is 37.0 Å². The summed E-state index contributed by atoms with van der Waals surface area (Å²) in [6.45, 7) is 11.0. The average Bonchev–Trinajstić information content (AvgIpc) is 2.96. The van der Waals surface area contributed by atoms with Gasteiger partial charge in [-0.25, -0.2) is 4.79 Å². The molecule has 2 atom stereocenters. The maximum absolute atomic E-state index is 12.9. The van der Waals surface area contributed by atoms with E-state index in [2.05, 4.69) is 6.58 Å². The normalized spacial score (nSPS) is 30.6. The fourth-order valence-electron chi connectivity index (χ4n) is 2.56. The molecule has 1 saturated heterocycles. The van der Waals surface area contributed by atoms with Crippen molar-refractivity contribution in [1.29, 1.82) is 0 Å². The van der Waals surface area contributed by atoms with Crippen molar-refractivity contribution >= 4 is 11.9 Å². The van der Waals surface area contributed by atoms with Gasteiger partial charge in [-0.2, -0.15) is 0 Å². The highest BCUT2D eigenvalue weighted by molar-refractivity contribution is 5.93. The number of cyclic esters (lactones) is 1. The molecule has 113 valence electrons. The Bertz CT molecular complexity index is 445. The van der Waals surface area contributed by atoms with Crippen LogP contribution in [0.1, 0.15) is 34.1 Å². The number of rotatable bonds is 3. The van der Waals surface area contributed by atoms with E-state index in [1.165, 1.54) is 0 Å². The SMILES string of the molecule is C=CC[C@@]1(C)C(=O)O[C@H]([C]2[CH][CH][CH][CH]2)N1C(=O)C(C)(C)C. The van der Waals surface area contributed by atoms with Crippen LogP contribution >= 0.6 is 0 Å². The van der Waals surface area contributed by atoms with Crippen LogP contribution in [0.5, 0.6) is 0 Å². The van der Waals surface area contributed by atoms with Crippen molar-refractivity contribution in [1.82, 2.24) is 4.90 Å². The van der Waals surface area contributed by atoms with Gasteiger partial charge in [-0.15, -0.1) is 6.58 Å². The van der Waals surface area contributed by atoms with Crippen molar-refractivity contribution in [3.05, 3.63) is 44.3 Å². The summed E-state index contributed by atoms with van der Waals surface area (Å²) in [4.78, 5) is 26.8. The number of esters is 1. The highest BCUT2D eigenvalue weighted by atomic mass is 16.6. The van der Waals surface area contributed by atoms with Gasteiger partial charge in [0, 0.05) is 11.3 Å². The zero-order chi connectivity index (χ0) is 15.8. The Morgan fingerprint density at radius 2 is 2.00 bits per heavy atom. The quantitative estimate of drug-likeness (QED) is 0.592. The molecule has 0 aromatic rings. The van der Waals surface area contributed by atoms with Gasteiger partial charge in [0.1, 0.15) is 5.54 Å². The fraction of sp³-hybridized carbons (Fsp3) is 0.471. The first-order chi connectivity index (χ1) is 9.71. The maximum Gasteiger partial charge on any atom is 0.334 e. The van der Waals surface area contributed by atoms with Crippen molar-refractivity contribution in [2.45, 2.75) is 45.9 Å². The lowest BCUT2D eigenvalue weighted by molar-refractivity contribution is -0.148. The molecule has 2 fully saturated rings. The Balaban J connectivity index is 2.39. The molecule has 1 amide bonds. The highest BCUT2D eigenvalue weighted by Crippen LogP contribution is 2.42. The van der Waals surface area contributed by atoms with Crippen LogP contribution < -0.4 is 0 Å². The monoisotopic (exact) mass is 288 g/mol. The summed E-state index contributed by atoms with van der Waals surface area (Å²) in [5, 5.41) is 0. The molecular weight excluding hydrogens is 266 g/mol. The third-order valence-electron chi connectivity index (χ3n) is 3.80. The molecule has 0 bridgehead atoms. The standard InChI is InChI=1S/C17H22NO3/c1-6-11-17(5)15(20)21-13(12-9-7-8-10-12)18(17)14(19)16(2,3)4/h6-10,13H,1,11H2,2-5H3/t13-,17+/m1/s1. The van der Waals surface area contributed by atoms with Crippen LogP contribution in [-0.2, 0) is 14.3 Å². The van der Waals surface area contributed by atoms with E-state index in [1.54, 1.807) is 17.9 Å². The van der Waals surface area contributed by atoms with Crippen molar-refractivity contribution < 1.29 is 14.3 Å². The van der Waals surface area contributed by atoms with E-state index >= 15 is 0 Å². The number of carbonyl (C=O) groups is 2. The summed E-state index contributed by atoms with van der Waals surface area (Å²) in [6, 6.07) is 0. The van der Waals surface area contributed by atoms with E-state index in [9.17, 15) is 9.59 Å². The number of amides is 1. The molecule has 1 aliphatic heterocycles. The van der Waals surface area contributed by atoms with Gasteiger partial charge in [0.25, 0.3) is 0 Å². The minimum atomic E-state index is -1.01. The van der Waals surface area contributed by atoms with E-state index in [0.717, 1.165) is 5.92 Å². The van der Waals surface area contributed by atoms with E-state index in [4.69, 9.17) is 4.74 Å². The predicted molar refractivity (Wildman–Crippen MR) is 79.8 cm³/mol. The molecule has 0 spiro atoms. The number of nitrogens with zero attached hydrogens (tertiary/aromatic N) is 1. The molecule has 21 heavy (non-hydrogen) atoms. The van der Waals surface area contributed by atoms with Gasteiger partial charge in [-0.05, 0) is 39.0 Å². The lowest BCUT2D eigenvalue weighted by Crippen LogP contribution is -2.55. The smallest absolute Gasteiger partial charge is 0.334 e. The van der Waals surface area contributed by atoms with Crippen LogP contribution in [0.4, 0.5) is 0 Å². The van der Waals surface area contributed by atoms with Crippen LogP contribution in [0.3, 0.4) is 0 Å². The van der Waals surface area contributed by atoms with Crippen LogP contribution in [0.2, 0.25) is 0 Å². The molecule has 1 heterocycles. The predicted octanol–water partition coefficient (Wildman–Crippen LogP) is 2.48. The van der Waals surface area contributed by atoms with Crippen molar-refractivity contribution in [2.24, 2.45) is 5.41 Å². The molecule has 4 nitrogen and oxygen atoms in total. The Labute approximate surface area is 127 Å². The molecule has 0 N–H and O–H groups in total. The summed E-state index contributed by atoms with van der Waals surface area (Å²) in [6.07, 6.45) is 8.81. The average molecular weight is 288 g/mol. The molecular formula is C17H22NO3. The molecule has 0 aromatic carbocycles. The van der Waals surface area contributed by atoms with Gasteiger partial charge >= 0.3 is 5.97 Å². The molecule has 2 aliphatic rings. The Kier molecular flexibility index (Phi) is 4.18. The lowest BCUT2D eigenvalue weighted by atomic mass is 9.88. The molecule has 5 radical (unpaired) electrons. The molecule has 1 aliphatic carbocycles. The zero-order valence-electron chi connectivity index (χ0n) is 13.1. The number of ether oxygens (including phenoxy) is 1. The van der Waals surface area contributed by atoms with Gasteiger partial charge in [-0.1, -0.05) is 26.8 Å². The highest BCUT2D eigenvalue weighted by Gasteiger charge is 2.57. The molecule has 0 aromatic heterocycles. The first-order valence-corrected chi connectivity index (χ1v) is 7.09. The fourth-order valence-corrected chi connectivity index (χ4v) is 2.56. The molecule has 1 saturated carbocycles. The minimum absolute atomic E-state index is 0.107. The van der Waals surface area contributed by atoms with Crippen molar-refractivity contribution in [3.63, 3.8) is 0 Å². The summed E-state index contributed by atoms with van der Waals surface area (Å²) < 4.78 is 5.52. The summed E-state index contributed by atoms with van der Waals surface area (Å²) in [5.74, 6) is 0.323. The first kappa shape index (κ1) is 16.1. The van der Waals surface area contributed by atoms with E-state index < -0.39 is 17.2 Å². The van der Waals surface area contributed by atoms with E-state index in [1.807, 2.05) is 46.5 Å². The van der Waals surface area contributed by atoms with Gasteiger partial charge in [-0.3, -0.25) is 9.69 Å². The number of hydrogen-bond acceptors (Lipinski definition) is 3. The molecule has 4 heteroatoms. The third kappa shape index (κ3) is 2.72. The van der Waals surface area contributed by atoms with Crippen molar-refractivity contribution in [2.75, 3.05) is 0 Å². The van der Waals surface area contributed by atoms with Gasteiger partial charge in [0.15, 0.2) is 6.23 Å². The van der Waals surface area contributed by atoms with Crippen molar-refractivity contribution in [3.8, 4) is 0 Å². The number of carbonyl (C=O) groups excluding carboxylic acids is 2. The molecule has 0 unspecified atom stereocenters. The second kappa shape index (κ2) is 5.47. The van der Waals surface area contributed by atoms with Crippen LogP contribution in [0.25, 0.3) is 0 Å². The topological polar surface area (TPSA) is 46.6 Å². The maximum atomic E-state index is 12.9. The zero-order valence-corrected chi connectivity index (χ0v) is 13.1. The van der Waals surface area contributed by atoms with E-state index in [0.29, 0.717) is 6.42 Å². The second-order valence-electron chi connectivity index (χ2n) is 6.67.